The number of benzene rings is 1. The highest BCUT2D eigenvalue weighted by Crippen LogP contribution is 2.18. The monoisotopic (exact) mass is 358 g/mol. The van der Waals surface area contributed by atoms with Gasteiger partial charge in [-0.1, -0.05) is 55.7 Å². The normalized spacial score (nSPS) is 13.1. The van der Waals surface area contributed by atoms with Crippen LogP contribution in [0.5, 0.6) is 0 Å². The fraction of sp³-hybridized carbons (Fsp3) is 0.0952. The number of para-hydroxylation sites is 1. The van der Waals surface area contributed by atoms with Crippen LogP contribution in [-0.2, 0) is 0 Å². The zero-order valence-electron chi connectivity index (χ0n) is 15.0. The first kappa shape index (κ1) is 18.1. The number of hydrogen-bond donors (Lipinski definition) is 3. The van der Waals surface area contributed by atoms with E-state index in [9.17, 15) is 0 Å². The number of nitrogens with zero attached hydrogens (tertiary/aromatic N) is 3. The van der Waals surface area contributed by atoms with Crippen LogP contribution in [-0.4, -0.2) is 15.0 Å². The minimum Gasteiger partial charge on any atom is -0.325 e. The van der Waals surface area contributed by atoms with E-state index in [2.05, 4.69) is 56.2 Å². The lowest BCUT2D eigenvalue weighted by molar-refractivity contribution is 1.00. The zero-order valence-corrected chi connectivity index (χ0v) is 15.0. The van der Waals surface area contributed by atoms with E-state index in [0.717, 1.165) is 24.2 Å². The van der Waals surface area contributed by atoms with Crippen LogP contribution < -0.4 is 16.0 Å². The van der Waals surface area contributed by atoms with Crippen LogP contribution in [0.1, 0.15) is 12.8 Å². The van der Waals surface area contributed by atoms with Crippen molar-refractivity contribution in [3.8, 4) is 0 Å². The van der Waals surface area contributed by atoms with Crippen molar-refractivity contribution < 1.29 is 0 Å². The maximum Gasteiger partial charge on any atom is 0.233 e. The number of anilines is 4. The summed E-state index contributed by atoms with van der Waals surface area (Å²) in [5.41, 5.74) is 2.51. The Hall–Kier alpha value is -3.67. The maximum atomic E-state index is 4.47. The van der Waals surface area contributed by atoms with Crippen molar-refractivity contribution in [2.75, 3.05) is 16.0 Å². The molecule has 0 saturated heterocycles. The minimum atomic E-state index is 0.394. The van der Waals surface area contributed by atoms with Gasteiger partial charge in [0.1, 0.15) is 0 Å². The van der Waals surface area contributed by atoms with E-state index in [1.807, 2.05) is 36.4 Å². The van der Waals surface area contributed by atoms with Crippen molar-refractivity contribution in [1.82, 2.24) is 15.0 Å². The van der Waals surface area contributed by atoms with E-state index in [0.29, 0.717) is 23.5 Å². The second kappa shape index (κ2) is 9.15. The third-order valence-corrected chi connectivity index (χ3v) is 3.62. The third kappa shape index (κ3) is 5.67. The van der Waals surface area contributed by atoms with Gasteiger partial charge in [-0.2, -0.15) is 15.0 Å². The molecule has 1 aromatic carbocycles. The summed E-state index contributed by atoms with van der Waals surface area (Å²) in [5, 5.41) is 9.50. The fourth-order valence-electron chi connectivity index (χ4n) is 2.40. The maximum absolute atomic E-state index is 4.47. The van der Waals surface area contributed by atoms with Gasteiger partial charge in [-0.15, -0.1) is 0 Å². The molecule has 0 atom stereocenters. The summed E-state index contributed by atoms with van der Waals surface area (Å²) < 4.78 is 0. The Morgan fingerprint density at radius 2 is 1.70 bits per heavy atom. The summed E-state index contributed by atoms with van der Waals surface area (Å²) in [6, 6.07) is 9.74. The average Bonchev–Trinajstić information content (AvgIpc) is 2.68. The second-order valence-corrected chi connectivity index (χ2v) is 5.81. The SMILES string of the molecule is C=C/C=C\C(=C)Nc1nc(NC2=CCCC=C2)nc(Nc2ccccc2)n1. The highest BCUT2D eigenvalue weighted by molar-refractivity contribution is 5.57. The minimum absolute atomic E-state index is 0.394. The van der Waals surface area contributed by atoms with Gasteiger partial charge in [0.2, 0.25) is 17.8 Å². The quantitative estimate of drug-likeness (QED) is 0.581. The van der Waals surface area contributed by atoms with Gasteiger partial charge < -0.3 is 16.0 Å². The molecule has 27 heavy (non-hydrogen) atoms. The van der Waals surface area contributed by atoms with Crippen molar-refractivity contribution >= 4 is 23.5 Å². The van der Waals surface area contributed by atoms with Crippen LogP contribution in [0, 0.1) is 0 Å². The van der Waals surface area contributed by atoms with E-state index in [1.54, 1.807) is 18.2 Å². The van der Waals surface area contributed by atoms with E-state index < -0.39 is 0 Å². The predicted octanol–water partition coefficient (Wildman–Crippen LogP) is 4.93. The number of hydrogen-bond acceptors (Lipinski definition) is 6. The average molecular weight is 358 g/mol. The topological polar surface area (TPSA) is 74.8 Å². The summed E-state index contributed by atoms with van der Waals surface area (Å²) in [5.74, 6) is 1.27. The highest BCUT2D eigenvalue weighted by Gasteiger charge is 2.09. The molecular formula is C21H22N6. The van der Waals surface area contributed by atoms with Crippen LogP contribution in [0.2, 0.25) is 0 Å². The lowest BCUT2D eigenvalue weighted by Crippen LogP contribution is -2.10. The van der Waals surface area contributed by atoms with Gasteiger partial charge in [-0.3, -0.25) is 0 Å². The Morgan fingerprint density at radius 3 is 2.41 bits per heavy atom. The van der Waals surface area contributed by atoms with Crippen molar-refractivity contribution in [1.29, 1.82) is 0 Å². The third-order valence-electron chi connectivity index (χ3n) is 3.62. The molecule has 0 saturated carbocycles. The van der Waals surface area contributed by atoms with E-state index >= 15 is 0 Å². The molecule has 1 heterocycles. The molecule has 1 aliphatic rings. The van der Waals surface area contributed by atoms with Gasteiger partial charge in [0.05, 0.1) is 0 Å². The van der Waals surface area contributed by atoms with Gasteiger partial charge in [0, 0.05) is 17.1 Å². The van der Waals surface area contributed by atoms with Crippen LogP contribution in [0.3, 0.4) is 0 Å². The van der Waals surface area contributed by atoms with Crippen molar-refractivity contribution in [3.63, 3.8) is 0 Å². The van der Waals surface area contributed by atoms with Gasteiger partial charge in [0.25, 0.3) is 0 Å². The Labute approximate surface area is 159 Å². The van der Waals surface area contributed by atoms with Crippen molar-refractivity contribution in [3.05, 3.63) is 91.3 Å². The molecule has 0 unspecified atom stereocenters. The molecule has 1 aromatic heterocycles. The Morgan fingerprint density at radius 1 is 0.963 bits per heavy atom. The Balaban J connectivity index is 1.85. The van der Waals surface area contributed by atoms with Gasteiger partial charge in [0.15, 0.2) is 0 Å². The highest BCUT2D eigenvalue weighted by atomic mass is 15.3. The summed E-state index contributed by atoms with van der Waals surface area (Å²) >= 11 is 0. The predicted molar refractivity (Wildman–Crippen MR) is 112 cm³/mol. The first-order chi connectivity index (χ1) is 13.2. The van der Waals surface area contributed by atoms with Gasteiger partial charge in [-0.05, 0) is 37.1 Å². The number of aromatic nitrogens is 3. The number of allylic oxidation sites excluding steroid dienone is 6. The first-order valence-corrected chi connectivity index (χ1v) is 8.70. The molecular weight excluding hydrogens is 336 g/mol. The lowest BCUT2D eigenvalue weighted by Gasteiger charge is -2.13. The van der Waals surface area contributed by atoms with Crippen LogP contribution >= 0.6 is 0 Å². The molecule has 0 radical (unpaired) electrons. The van der Waals surface area contributed by atoms with Crippen molar-refractivity contribution in [2.24, 2.45) is 0 Å². The molecule has 1 aliphatic carbocycles. The summed E-state index contributed by atoms with van der Waals surface area (Å²) in [7, 11) is 0. The van der Waals surface area contributed by atoms with Crippen LogP contribution in [0.15, 0.2) is 91.3 Å². The molecule has 0 spiro atoms. The Kier molecular flexibility index (Phi) is 6.14. The number of rotatable bonds is 8. The summed E-state index contributed by atoms with van der Waals surface area (Å²) in [6.45, 7) is 7.59. The largest absolute Gasteiger partial charge is 0.325 e. The van der Waals surface area contributed by atoms with E-state index in [1.165, 1.54) is 0 Å². The molecule has 0 amide bonds. The smallest absolute Gasteiger partial charge is 0.233 e. The standard InChI is InChI=1S/C21H22N6/c1-3-4-11-16(2)22-19-25-20(23-17-12-7-5-8-13-17)27-21(26-19)24-18-14-9-6-10-15-18/h3-5,7-9,11-15H,1-2,6,10H2,(H3,22,23,24,25,26,27)/b11-4-. The molecule has 2 aromatic rings. The molecule has 136 valence electrons. The molecule has 0 bridgehead atoms. The first-order valence-electron chi connectivity index (χ1n) is 8.70. The van der Waals surface area contributed by atoms with Crippen LogP contribution in [0.25, 0.3) is 0 Å². The molecule has 3 rings (SSSR count). The van der Waals surface area contributed by atoms with Gasteiger partial charge >= 0.3 is 0 Å². The second-order valence-electron chi connectivity index (χ2n) is 5.81. The molecule has 0 aliphatic heterocycles. The number of nitrogens with one attached hydrogen (secondary N) is 3. The summed E-state index contributed by atoms with van der Waals surface area (Å²) in [4.78, 5) is 13.3. The summed E-state index contributed by atoms with van der Waals surface area (Å²) in [6.07, 6.45) is 13.6. The zero-order chi connectivity index (χ0) is 18.9. The van der Waals surface area contributed by atoms with Gasteiger partial charge in [-0.25, -0.2) is 0 Å². The molecule has 6 heteroatoms. The molecule has 6 nitrogen and oxygen atoms in total. The van der Waals surface area contributed by atoms with E-state index in [-0.39, 0.29) is 0 Å². The molecule has 0 fully saturated rings. The molecule has 3 N–H and O–H groups in total. The lowest BCUT2D eigenvalue weighted by atomic mass is 10.1. The fourth-order valence-corrected chi connectivity index (χ4v) is 2.40. The van der Waals surface area contributed by atoms with Crippen molar-refractivity contribution in [2.45, 2.75) is 12.8 Å². The van der Waals surface area contributed by atoms with E-state index in [4.69, 9.17) is 0 Å². The van der Waals surface area contributed by atoms with Crippen LogP contribution in [0.4, 0.5) is 23.5 Å². The Bertz CT molecular complexity index is 896.